The first kappa shape index (κ1) is 12.9. The van der Waals surface area contributed by atoms with Crippen LogP contribution in [0.1, 0.15) is 37.7 Å². The number of amides is 1. The molecule has 98 valence electrons. The molecule has 0 radical (unpaired) electrons. The summed E-state index contributed by atoms with van der Waals surface area (Å²) in [7, 11) is 0. The molecule has 1 aliphatic carbocycles. The summed E-state index contributed by atoms with van der Waals surface area (Å²) in [6.07, 6.45) is 2.20. The quantitative estimate of drug-likeness (QED) is 0.689. The second-order valence-electron chi connectivity index (χ2n) is 5.26. The maximum Gasteiger partial charge on any atom is 0.221 e. The minimum Gasteiger partial charge on any atom is -0.399 e. The molecule has 0 aliphatic heterocycles. The van der Waals surface area contributed by atoms with Crippen LogP contribution in [-0.4, -0.2) is 23.2 Å². The Bertz CT molecular complexity index is 424. The summed E-state index contributed by atoms with van der Waals surface area (Å²) in [6.45, 7) is 2.05. The first-order valence-corrected chi connectivity index (χ1v) is 6.32. The van der Waals surface area contributed by atoms with Crippen molar-refractivity contribution in [2.24, 2.45) is 0 Å². The van der Waals surface area contributed by atoms with Crippen molar-refractivity contribution in [3.05, 3.63) is 29.8 Å². The SMILES string of the molecule is CC(CC(=O)NC1(CO)CC1)c1ccc(N)cc1. The van der Waals surface area contributed by atoms with E-state index in [1.54, 1.807) is 0 Å². The van der Waals surface area contributed by atoms with E-state index in [2.05, 4.69) is 5.32 Å². The van der Waals surface area contributed by atoms with Crippen molar-refractivity contribution in [3.8, 4) is 0 Å². The highest BCUT2D eigenvalue weighted by Crippen LogP contribution is 2.35. The van der Waals surface area contributed by atoms with Crippen LogP contribution in [-0.2, 0) is 4.79 Å². The van der Waals surface area contributed by atoms with E-state index in [9.17, 15) is 4.79 Å². The van der Waals surface area contributed by atoms with Crippen LogP contribution in [0.25, 0.3) is 0 Å². The molecule has 18 heavy (non-hydrogen) atoms. The van der Waals surface area contributed by atoms with Crippen LogP contribution in [0.15, 0.2) is 24.3 Å². The van der Waals surface area contributed by atoms with Gasteiger partial charge in [-0.2, -0.15) is 0 Å². The van der Waals surface area contributed by atoms with E-state index in [0.717, 1.165) is 24.1 Å². The summed E-state index contributed by atoms with van der Waals surface area (Å²) < 4.78 is 0. The number of nitrogen functional groups attached to an aromatic ring is 1. The van der Waals surface area contributed by atoms with Gasteiger partial charge in [-0.1, -0.05) is 19.1 Å². The molecular formula is C14H20N2O2. The Kier molecular flexibility index (Phi) is 3.57. The fourth-order valence-electron chi connectivity index (χ4n) is 2.04. The molecule has 2 rings (SSSR count). The number of carbonyl (C=O) groups is 1. The second-order valence-corrected chi connectivity index (χ2v) is 5.26. The van der Waals surface area contributed by atoms with Crippen LogP contribution >= 0.6 is 0 Å². The number of aliphatic hydroxyl groups is 1. The van der Waals surface area contributed by atoms with Crippen LogP contribution < -0.4 is 11.1 Å². The largest absolute Gasteiger partial charge is 0.399 e. The van der Waals surface area contributed by atoms with E-state index in [-0.39, 0.29) is 24.0 Å². The smallest absolute Gasteiger partial charge is 0.221 e. The average molecular weight is 248 g/mol. The molecule has 4 heteroatoms. The molecule has 1 unspecified atom stereocenters. The van der Waals surface area contributed by atoms with E-state index in [1.807, 2.05) is 31.2 Å². The standard InChI is InChI=1S/C14H20N2O2/c1-10(11-2-4-12(15)5-3-11)8-13(18)16-14(9-17)6-7-14/h2-5,10,17H,6-9,15H2,1H3,(H,16,18). The van der Waals surface area contributed by atoms with Crippen molar-refractivity contribution in [1.29, 1.82) is 0 Å². The fourth-order valence-corrected chi connectivity index (χ4v) is 2.04. The van der Waals surface area contributed by atoms with Crippen molar-refractivity contribution in [2.75, 3.05) is 12.3 Å². The topological polar surface area (TPSA) is 75.3 Å². The Morgan fingerprint density at radius 1 is 1.44 bits per heavy atom. The number of benzene rings is 1. The first-order valence-electron chi connectivity index (χ1n) is 6.32. The van der Waals surface area contributed by atoms with Gasteiger partial charge in [0.1, 0.15) is 0 Å². The van der Waals surface area contributed by atoms with Gasteiger partial charge in [0.05, 0.1) is 12.1 Å². The van der Waals surface area contributed by atoms with Gasteiger partial charge in [0.25, 0.3) is 0 Å². The zero-order valence-corrected chi connectivity index (χ0v) is 10.6. The van der Waals surface area contributed by atoms with Crippen molar-refractivity contribution in [1.82, 2.24) is 5.32 Å². The van der Waals surface area contributed by atoms with Gasteiger partial charge in [-0.3, -0.25) is 4.79 Å². The van der Waals surface area contributed by atoms with Crippen molar-refractivity contribution >= 4 is 11.6 Å². The van der Waals surface area contributed by atoms with Crippen LogP contribution in [0.2, 0.25) is 0 Å². The molecule has 0 heterocycles. The number of hydrogen-bond donors (Lipinski definition) is 3. The summed E-state index contributed by atoms with van der Waals surface area (Å²) >= 11 is 0. The Morgan fingerprint density at radius 2 is 2.06 bits per heavy atom. The van der Waals surface area contributed by atoms with E-state index >= 15 is 0 Å². The van der Waals surface area contributed by atoms with Crippen LogP contribution in [0.5, 0.6) is 0 Å². The number of aliphatic hydroxyl groups excluding tert-OH is 1. The van der Waals surface area contributed by atoms with Crippen LogP contribution in [0, 0.1) is 0 Å². The molecule has 1 amide bonds. The highest BCUT2D eigenvalue weighted by molar-refractivity contribution is 5.78. The minimum absolute atomic E-state index is 0.00544. The molecule has 1 saturated carbocycles. The zero-order chi connectivity index (χ0) is 13.2. The Morgan fingerprint density at radius 3 is 2.56 bits per heavy atom. The predicted molar refractivity (Wildman–Crippen MR) is 71.1 cm³/mol. The van der Waals surface area contributed by atoms with Gasteiger partial charge >= 0.3 is 0 Å². The number of rotatable bonds is 5. The van der Waals surface area contributed by atoms with Gasteiger partial charge in [0.15, 0.2) is 0 Å². The summed E-state index contributed by atoms with van der Waals surface area (Å²) in [5.74, 6) is 0.158. The van der Waals surface area contributed by atoms with Crippen molar-refractivity contribution in [3.63, 3.8) is 0 Å². The zero-order valence-electron chi connectivity index (χ0n) is 10.6. The molecule has 1 aromatic rings. The Hall–Kier alpha value is -1.55. The first-order chi connectivity index (χ1) is 8.54. The molecule has 4 nitrogen and oxygen atoms in total. The third-order valence-electron chi connectivity index (χ3n) is 3.56. The fraction of sp³-hybridized carbons (Fsp3) is 0.500. The monoisotopic (exact) mass is 248 g/mol. The maximum atomic E-state index is 11.9. The van der Waals surface area contributed by atoms with Gasteiger partial charge in [0.2, 0.25) is 5.91 Å². The third kappa shape index (κ3) is 3.01. The van der Waals surface area contributed by atoms with Gasteiger partial charge < -0.3 is 16.2 Å². The Labute approximate surface area is 107 Å². The minimum atomic E-state index is -0.322. The molecule has 1 aromatic carbocycles. The lowest BCUT2D eigenvalue weighted by Gasteiger charge is -2.17. The van der Waals surface area contributed by atoms with Crippen LogP contribution in [0.4, 0.5) is 5.69 Å². The summed E-state index contributed by atoms with van der Waals surface area (Å²) in [5, 5.41) is 12.1. The Balaban J connectivity index is 1.89. The van der Waals surface area contributed by atoms with Crippen molar-refractivity contribution in [2.45, 2.75) is 37.6 Å². The van der Waals surface area contributed by atoms with Gasteiger partial charge in [-0.05, 0) is 36.5 Å². The summed E-state index contributed by atoms with van der Waals surface area (Å²) in [6, 6.07) is 7.60. The summed E-state index contributed by atoms with van der Waals surface area (Å²) in [5.41, 5.74) is 7.14. The molecule has 0 spiro atoms. The van der Waals surface area contributed by atoms with Gasteiger partial charge in [-0.15, -0.1) is 0 Å². The van der Waals surface area contributed by atoms with E-state index < -0.39 is 0 Å². The maximum absolute atomic E-state index is 11.9. The molecule has 0 aromatic heterocycles. The molecule has 4 N–H and O–H groups in total. The number of nitrogens with two attached hydrogens (primary N) is 1. The second kappa shape index (κ2) is 4.98. The molecule has 0 saturated heterocycles. The average Bonchev–Trinajstić information content (AvgIpc) is 3.10. The highest BCUT2D eigenvalue weighted by Gasteiger charge is 2.43. The lowest BCUT2D eigenvalue weighted by molar-refractivity contribution is -0.122. The number of anilines is 1. The van der Waals surface area contributed by atoms with E-state index in [1.165, 1.54) is 0 Å². The lowest BCUT2D eigenvalue weighted by Crippen LogP contribution is -2.39. The molecular weight excluding hydrogens is 228 g/mol. The van der Waals surface area contributed by atoms with Gasteiger partial charge in [-0.25, -0.2) is 0 Å². The lowest BCUT2D eigenvalue weighted by atomic mass is 9.97. The van der Waals surface area contributed by atoms with Crippen molar-refractivity contribution < 1.29 is 9.90 Å². The normalized spacial score (nSPS) is 18.1. The molecule has 0 bridgehead atoms. The third-order valence-corrected chi connectivity index (χ3v) is 3.56. The van der Waals surface area contributed by atoms with Crippen LogP contribution in [0.3, 0.4) is 0 Å². The van der Waals surface area contributed by atoms with E-state index in [4.69, 9.17) is 10.8 Å². The molecule has 1 aliphatic rings. The highest BCUT2D eigenvalue weighted by atomic mass is 16.3. The number of hydrogen-bond acceptors (Lipinski definition) is 3. The van der Waals surface area contributed by atoms with E-state index in [0.29, 0.717) is 6.42 Å². The summed E-state index contributed by atoms with van der Waals surface area (Å²) in [4.78, 5) is 11.9. The number of nitrogens with one attached hydrogen (secondary N) is 1. The predicted octanol–water partition coefficient (Wildman–Crippen LogP) is 1.40. The van der Waals surface area contributed by atoms with Gasteiger partial charge in [0, 0.05) is 12.1 Å². The molecule has 1 atom stereocenters. The number of carbonyl (C=O) groups excluding carboxylic acids is 1. The molecule has 1 fully saturated rings.